The van der Waals surface area contributed by atoms with Crippen LogP contribution in [0.25, 0.3) is 11.1 Å². The average Bonchev–Trinajstić information content (AvgIpc) is 2.68. The van der Waals surface area contributed by atoms with Crippen molar-refractivity contribution in [3.05, 3.63) is 72.3 Å². The van der Waals surface area contributed by atoms with Gasteiger partial charge >= 0.3 is 0 Å². The average molecular weight is 359 g/mol. The van der Waals surface area contributed by atoms with Crippen molar-refractivity contribution in [2.24, 2.45) is 0 Å². The predicted molar refractivity (Wildman–Crippen MR) is 111 cm³/mol. The van der Waals surface area contributed by atoms with Gasteiger partial charge in [-0.3, -0.25) is 0 Å². The fraction of sp³-hybridized carbons (Fsp3) is 0.250. The molecule has 3 aromatic carbocycles. The Kier molecular flexibility index (Phi) is 4.53. The fourth-order valence-electron chi connectivity index (χ4n) is 3.26. The molecule has 0 atom stereocenters. The highest BCUT2D eigenvalue weighted by atomic mass is 16.6. The molecule has 0 fully saturated rings. The minimum atomic E-state index is 0.144. The number of nitrogens with one attached hydrogen (secondary N) is 1. The molecule has 0 aromatic heterocycles. The summed E-state index contributed by atoms with van der Waals surface area (Å²) in [4.78, 5) is 0. The van der Waals surface area contributed by atoms with E-state index < -0.39 is 0 Å². The molecular formula is C24H25NO2. The van der Waals surface area contributed by atoms with Crippen LogP contribution in [0.2, 0.25) is 0 Å². The van der Waals surface area contributed by atoms with Gasteiger partial charge in [-0.15, -0.1) is 0 Å². The van der Waals surface area contributed by atoms with Crippen molar-refractivity contribution >= 4 is 11.4 Å². The van der Waals surface area contributed by atoms with Gasteiger partial charge in [0.15, 0.2) is 11.5 Å². The number of hydrogen-bond donors (Lipinski definition) is 1. The van der Waals surface area contributed by atoms with Gasteiger partial charge in [-0.1, -0.05) is 63.2 Å². The summed E-state index contributed by atoms with van der Waals surface area (Å²) in [6.45, 7) is 7.84. The summed E-state index contributed by atoms with van der Waals surface area (Å²) in [6, 6.07) is 23.1. The topological polar surface area (TPSA) is 30.5 Å². The molecule has 0 saturated carbocycles. The third-order valence-corrected chi connectivity index (χ3v) is 4.80. The van der Waals surface area contributed by atoms with Gasteiger partial charge in [-0.05, 0) is 34.7 Å². The summed E-state index contributed by atoms with van der Waals surface area (Å²) < 4.78 is 11.6. The van der Waals surface area contributed by atoms with Crippen molar-refractivity contribution < 1.29 is 9.47 Å². The normalized spacial score (nSPS) is 13.3. The van der Waals surface area contributed by atoms with E-state index in [1.807, 2.05) is 24.3 Å². The van der Waals surface area contributed by atoms with Gasteiger partial charge < -0.3 is 14.8 Å². The Bertz CT molecular complexity index is 925. The largest absolute Gasteiger partial charge is 0.486 e. The van der Waals surface area contributed by atoms with E-state index in [2.05, 4.69) is 68.6 Å². The Morgan fingerprint density at radius 3 is 2.04 bits per heavy atom. The first kappa shape index (κ1) is 17.5. The second-order valence-corrected chi connectivity index (χ2v) is 7.86. The smallest absolute Gasteiger partial charge is 0.163 e. The highest BCUT2D eigenvalue weighted by molar-refractivity contribution is 5.84. The second-order valence-electron chi connectivity index (χ2n) is 7.86. The molecule has 27 heavy (non-hydrogen) atoms. The van der Waals surface area contributed by atoms with Crippen LogP contribution in [0.1, 0.15) is 26.3 Å². The molecule has 4 rings (SSSR count). The monoisotopic (exact) mass is 359 g/mol. The maximum absolute atomic E-state index is 5.79. The molecular weight excluding hydrogens is 334 g/mol. The van der Waals surface area contributed by atoms with E-state index in [1.54, 1.807) is 0 Å². The van der Waals surface area contributed by atoms with Gasteiger partial charge in [-0.2, -0.15) is 0 Å². The second kappa shape index (κ2) is 6.99. The van der Waals surface area contributed by atoms with E-state index in [0.29, 0.717) is 13.2 Å². The van der Waals surface area contributed by atoms with Crippen LogP contribution < -0.4 is 14.8 Å². The third kappa shape index (κ3) is 3.77. The quantitative estimate of drug-likeness (QED) is 0.607. The third-order valence-electron chi connectivity index (χ3n) is 4.80. The molecule has 1 heterocycles. The van der Waals surface area contributed by atoms with Crippen molar-refractivity contribution in [2.75, 3.05) is 18.5 Å². The summed E-state index contributed by atoms with van der Waals surface area (Å²) in [6.07, 6.45) is 0. The zero-order valence-corrected chi connectivity index (χ0v) is 16.1. The number of anilines is 2. The predicted octanol–water partition coefficient (Wildman–Crippen LogP) is 6.17. The first-order valence-corrected chi connectivity index (χ1v) is 9.37. The minimum Gasteiger partial charge on any atom is -0.486 e. The fourth-order valence-corrected chi connectivity index (χ4v) is 3.26. The van der Waals surface area contributed by atoms with Crippen LogP contribution >= 0.6 is 0 Å². The zero-order valence-electron chi connectivity index (χ0n) is 16.1. The number of rotatable bonds is 3. The summed E-state index contributed by atoms with van der Waals surface area (Å²) >= 11 is 0. The Hall–Kier alpha value is -2.94. The zero-order chi connectivity index (χ0) is 18.9. The summed E-state index contributed by atoms with van der Waals surface area (Å²) in [5.74, 6) is 1.59. The van der Waals surface area contributed by atoms with Crippen molar-refractivity contribution in [3.8, 4) is 22.6 Å². The Balaban J connectivity index is 1.72. The molecule has 1 aliphatic rings. The maximum Gasteiger partial charge on any atom is 0.163 e. The van der Waals surface area contributed by atoms with E-state index in [-0.39, 0.29) is 5.41 Å². The molecule has 0 spiro atoms. The lowest BCUT2D eigenvalue weighted by molar-refractivity contribution is 0.172. The lowest BCUT2D eigenvalue weighted by Gasteiger charge is -2.22. The van der Waals surface area contributed by atoms with Crippen LogP contribution in [-0.4, -0.2) is 13.2 Å². The number of fused-ring (bicyclic) bond motifs is 1. The van der Waals surface area contributed by atoms with Gasteiger partial charge in [0.05, 0.1) is 5.69 Å². The number of ether oxygens (including phenoxy) is 2. The molecule has 1 aliphatic heterocycles. The highest BCUT2D eigenvalue weighted by Gasteiger charge is 2.17. The molecule has 3 heteroatoms. The van der Waals surface area contributed by atoms with Crippen molar-refractivity contribution in [1.29, 1.82) is 0 Å². The molecule has 0 unspecified atom stereocenters. The molecule has 3 nitrogen and oxygen atoms in total. The van der Waals surface area contributed by atoms with Gasteiger partial charge in [0.1, 0.15) is 13.2 Å². The van der Waals surface area contributed by atoms with Gasteiger partial charge in [-0.25, -0.2) is 0 Å². The SMILES string of the molecule is CC(C)(C)c1ccc(Nc2cc3c(cc2-c2ccccc2)OCCO3)cc1. The first-order chi connectivity index (χ1) is 13.0. The molecule has 3 aromatic rings. The van der Waals surface area contributed by atoms with Crippen molar-refractivity contribution in [2.45, 2.75) is 26.2 Å². The molecule has 0 bridgehead atoms. The summed E-state index contributed by atoms with van der Waals surface area (Å²) in [7, 11) is 0. The van der Waals surface area contributed by atoms with Crippen molar-refractivity contribution in [3.63, 3.8) is 0 Å². The number of hydrogen-bond acceptors (Lipinski definition) is 3. The molecule has 0 saturated heterocycles. The maximum atomic E-state index is 5.79. The molecule has 0 amide bonds. The molecule has 0 radical (unpaired) electrons. The van der Waals surface area contributed by atoms with E-state index in [1.165, 1.54) is 5.56 Å². The number of benzene rings is 3. The molecule has 138 valence electrons. The van der Waals surface area contributed by atoms with E-state index in [0.717, 1.165) is 34.0 Å². The van der Waals surface area contributed by atoms with Gasteiger partial charge in [0.2, 0.25) is 0 Å². The lowest BCUT2D eigenvalue weighted by Crippen LogP contribution is -2.15. The van der Waals surface area contributed by atoms with Crippen LogP contribution in [-0.2, 0) is 5.41 Å². The van der Waals surface area contributed by atoms with E-state index >= 15 is 0 Å². The first-order valence-electron chi connectivity index (χ1n) is 9.37. The summed E-state index contributed by atoms with van der Waals surface area (Å²) in [5, 5.41) is 3.56. The summed E-state index contributed by atoms with van der Waals surface area (Å²) in [5.41, 5.74) is 5.76. The van der Waals surface area contributed by atoms with E-state index in [9.17, 15) is 0 Å². The Morgan fingerprint density at radius 2 is 1.41 bits per heavy atom. The van der Waals surface area contributed by atoms with Crippen LogP contribution in [0.15, 0.2) is 66.7 Å². The van der Waals surface area contributed by atoms with E-state index in [4.69, 9.17) is 9.47 Å². The lowest BCUT2D eigenvalue weighted by atomic mass is 9.87. The molecule has 1 N–H and O–H groups in total. The minimum absolute atomic E-state index is 0.144. The van der Waals surface area contributed by atoms with Crippen molar-refractivity contribution in [1.82, 2.24) is 0 Å². The van der Waals surface area contributed by atoms with Crippen LogP contribution in [0, 0.1) is 0 Å². The van der Waals surface area contributed by atoms with Crippen LogP contribution in [0.5, 0.6) is 11.5 Å². The Labute approximate surface area is 161 Å². The van der Waals surface area contributed by atoms with Crippen LogP contribution in [0.3, 0.4) is 0 Å². The van der Waals surface area contributed by atoms with Gasteiger partial charge in [0, 0.05) is 17.3 Å². The van der Waals surface area contributed by atoms with Crippen LogP contribution in [0.4, 0.5) is 11.4 Å². The standard InChI is InChI=1S/C24H25NO2/c1-24(2,3)18-9-11-19(12-10-18)25-21-16-23-22(26-13-14-27-23)15-20(21)17-7-5-4-6-8-17/h4-12,15-16,25H,13-14H2,1-3H3. The Morgan fingerprint density at radius 1 is 0.778 bits per heavy atom. The van der Waals surface area contributed by atoms with Gasteiger partial charge in [0.25, 0.3) is 0 Å². The molecule has 0 aliphatic carbocycles. The highest BCUT2D eigenvalue weighted by Crippen LogP contribution is 2.41.